The van der Waals surface area contributed by atoms with Gasteiger partial charge in [-0.25, -0.2) is 4.98 Å². The van der Waals surface area contributed by atoms with Crippen molar-refractivity contribution in [3.8, 4) is 11.1 Å². The van der Waals surface area contributed by atoms with Gasteiger partial charge in [0.2, 0.25) is 17.7 Å². The van der Waals surface area contributed by atoms with Gasteiger partial charge in [0.15, 0.2) is 0 Å². The molecular formula is C37H36F3N7O7. The maximum Gasteiger partial charge on any atom is 0.522 e. The van der Waals surface area contributed by atoms with Gasteiger partial charge in [-0.05, 0) is 73.7 Å². The van der Waals surface area contributed by atoms with E-state index in [1.165, 1.54) is 16.7 Å². The van der Waals surface area contributed by atoms with Crippen LogP contribution in [0.3, 0.4) is 0 Å². The number of imide groups is 2. The largest absolute Gasteiger partial charge is 0.522 e. The van der Waals surface area contributed by atoms with E-state index < -0.39 is 42.6 Å². The van der Waals surface area contributed by atoms with Gasteiger partial charge in [0.1, 0.15) is 11.9 Å². The van der Waals surface area contributed by atoms with Crippen LogP contribution in [0.4, 0.5) is 18.9 Å². The van der Waals surface area contributed by atoms with Gasteiger partial charge in [-0.2, -0.15) is 0 Å². The minimum absolute atomic E-state index is 0.00705. The Kier molecular flexibility index (Phi) is 9.59. The van der Waals surface area contributed by atoms with Gasteiger partial charge in [0.05, 0.1) is 35.3 Å². The number of carbonyl (C=O) groups excluding carboxylic acids is 5. The number of fused-ring (bicyclic) bond motifs is 2. The van der Waals surface area contributed by atoms with E-state index in [4.69, 9.17) is 4.98 Å². The predicted octanol–water partition coefficient (Wildman–Crippen LogP) is 3.47. The Morgan fingerprint density at radius 1 is 0.963 bits per heavy atom. The molecule has 282 valence electrons. The van der Waals surface area contributed by atoms with E-state index >= 15 is 0 Å². The van der Waals surface area contributed by atoms with Crippen molar-refractivity contribution in [1.29, 1.82) is 0 Å². The molecule has 0 aliphatic carbocycles. The molecule has 2 aromatic carbocycles. The molecule has 4 aromatic rings. The second-order valence-corrected chi connectivity index (χ2v) is 13.7. The number of amides is 5. The van der Waals surface area contributed by atoms with Crippen molar-refractivity contribution in [2.24, 2.45) is 7.05 Å². The van der Waals surface area contributed by atoms with Crippen molar-refractivity contribution in [2.45, 2.75) is 57.5 Å². The van der Waals surface area contributed by atoms with Crippen molar-refractivity contribution in [3.63, 3.8) is 0 Å². The molecule has 5 amide bonds. The number of hydrogen-bond donors (Lipinski definition) is 2. The smallest absolute Gasteiger partial charge is 0.376 e. The van der Waals surface area contributed by atoms with Gasteiger partial charge in [-0.1, -0.05) is 6.07 Å². The van der Waals surface area contributed by atoms with Crippen molar-refractivity contribution in [2.75, 3.05) is 31.6 Å². The number of carbonyl (C=O) groups is 5. The van der Waals surface area contributed by atoms with E-state index in [0.717, 1.165) is 16.0 Å². The van der Waals surface area contributed by atoms with Crippen LogP contribution in [0.5, 0.6) is 0 Å². The van der Waals surface area contributed by atoms with Crippen LogP contribution < -0.4 is 16.2 Å². The Hall–Kier alpha value is -5.84. The Labute approximate surface area is 305 Å². The molecule has 54 heavy (non-hydrogen) atoms. The number of rotatable bonds is 9. The van der Waals surface area contributed by atoms with Gasteiger partial charge in [0.25, 0.3) is 17.4 Å². The minimum atomic E-state index is -4.79. The highest BCUT2D eigenvalue weighted by molar-refractivity contribution is 6.23. The first-order valence-corrected chi connectivity index (χ1v) is 17.4. The summed E-state index contributed by atoms with van der Waals surface area (Å²) in [5, 5.41) is 5.17. The summed E-state index contributed by atoms with van der Waals surface area (Å²) >= 11 is 0. The molecule has 3 aliphatic heterocycles. The van der Waals surface area contributed by atoms with Crippen LogP contribution in [0.2, 0.25) is 0 Å². The summed E-state index contributed by atoms with van der Waals surface area (Å²) in [7, 11) is 1.65. The third kappa shape index (κ3) is 7.10. The number of nitrogens with zero attached hydrogens (tertiary/aromatic N) is 5. The quantitative estimate of drug-likeness (QED) is 0.244. The van der Waals surface area contributed by atoms with Crippen LogP contribution >= 0.6 is 0 Å². The number of alkyl halides is 3. The summed E-state index contributed by atoms with van der Waals surface area (Å²) in [5.74, 6) is -2.23. The molecule has 1 atom stereocenters. The Balaban J connectivity index is 1.02. The van der Waals surface area contributed by atoms with E-state index in [1.807, 2.05) is 12.1 Å². The number of imidazole rings is 1. The zero-order valence-electron chi connectivity index (χ0n) is 29.4. The number of piperidine rings is 2. The molecule has 5 heterocycles. The number of aryl methyl sites for hydroxylation is 2. The van der Waals surface area contributed by atoms with Gasteiger partial charge in [-0.15, -0.1) is 13.2 Å². The number of halogens is 3. The summed E-state index contributed by atoms with van der Waals surface area (Å²) in [4.78, 5) is 83.0. The molecule has 14 nitrogen and oxygen atoms in total. The van der Waals surface area contributed by atoms with Gasteiger partial charge >= 0.3 is 6.36 Å². The molecule has 0 bridgehead atoms. The highest BCUT2D eigenvalue weighted by Crippen LogP contribution is 2.33. The SMILES string of the molecule is Cc1cc(-c2ccc3nc(C4CCN(C(=O)CNc5ccc6c(c5)C(=O)N(C5CCC(=O)NC5=O)C6=O)CC4)n(CCOC(F)(F)F)c3c2)cn(C)c1=O. The zero-order valence-corrected chi connectivity index (χ0v) is 29.4. The van der Waals surface area contributed by atoms with Gasteiger partial charge in [-0.3, -0.25) is 43.7 Å². The average molecular weight is 748 g/mol. The van der Waals surface area contributed by atoms with Crippen molar-refractivity contribution in [1.82, 2.24) is 29.2 Å². The van der Waals surface area contributed by atoms with E-state index in [-0.39, 0.29) is 54.4 Å². The Bertz CT molecular complexity index is 2250. The lowest BCUT2D eigenvalue weighted by molar-refractivity contribution is -0.325. The molecule has 17 heteroatoms. The van der Waals surface area contributed by atoms with E-state index in [1.54, 1.807) is 47.8 Å². The van der Waals surface area contributed by atoms with Crippen LogP contribution in [0.25, 0.3) is 22.2 Å². The number of benzene rings is 2. The maximum absolute atomic E-state index is 13.3. The van der Waals surface area contributed by atoms with E-state index in [9.17, 15) is 41.9 Å². The molecule has 1 unspecified atom stereocenters. The predicted molar refractivity (Wildman–Crippen MR) is 187 cm³/mol. The fraction of sp³-hybridized carbons (Fsp3) is 0.378. The molecule has 2 fully saturated rings. The first-order valence-electron chi connectivity index (χ1n) is 17.4. The number of likely N-dealkylation sites (tertiary alicyclic amines) is 1. The topological polar surface area (TPSA) is 165 Å². The molecule has 2 N–H and O–H groups in total. The molecule has 2 saturated heterocycles. The third-order valence-electron chi connectivity index (χ3n) is 10.2. The number of aromatic nitrogens is 3. The standard InChI is InChI=1S/C37H36F3N7O7/c1-20-15-23(19-44(2)34(20)51)22-3-6-27-29(16-22)46(13-14-54-37(38,39)40)32(42-27)21-9-11-45(12-10-21)31(49)18-41-24-4-5-25-26(17-24)36(53)47(35(25)52)28-7-8-30(48)43-33(28)50/h3-6,15-17,19,21,28,41H,7-14,18H2,1-2H3,(H,43,48,50). The highest BCUT2D eigenvalue weighted by Gasteiger charge is 2.44. The summed E-state index contributed by atoms with van der Waals surface area (Å²) in [6, 6.07) is 10.7. The van der Waals surface area contributed by atoms with Gasteiger partial charge in [0, 0.05) is 56.5 Å². The molecule has 7 rings (SSSR count). The maximum atomic E-state index is 13.3. The van der Waals surface area contributed by atoms with Crippen LogP contribution in [0.15, 0.2) is 53.5 Å². The number of anilines is 1. The van der Waals surface area contributed by atoms with Crippen molar-refractivity contribution >= 4 is 46.3 Å². The molecule has 0 saturated carbocycles. The summed E-state index contributed by atoms with van der Waals surface area (Å²) in [6.45, 7) is 1.62. The fourth-order valence-electron chi connectivity index (χ4n) is 7.41. The number of nitrogens with one attached hydrogen (secondary N) is 2. The number of pyridine rings is 1. The van der Waals surface area contributed by atoms with Crippen LogP contribution in [0.1, 0.15) is 63.7 Å². The van der Waals surface area contributed by atoms with Crippen molar-refractivity contribution < 1.29 is 41.9 Å². The summed E-state index contributed by atoms with van der Waals surface area (Å²) < 4.78 is 46.3. The van der Waals surface area contributed by atoms with Crippen LogP contribution in [-0.4, -0.2) is 92.1 Å². The van der Waals surface area contributed by atoms with Gasteiger partial charge < -0.3 is 19.4 Å². The third-order valence-corrected chi connectivity index (χ3v) is 10.2. The average Bonchev–Trinajstić information content (AvgIpc) is 3.61. The lowest BCUT2D eigenvalue weighted by Gasteiger charge is -2.32. The highest BCUT2D eigenvalue weighted by atomic mass is 19.4. The first-order chi connectivity index (χ1) is 25.7. The molecule has 2 aromatic heterocycles. The summed E-state index contributed by atoms with van der Waals surface area (Å²) in [6.07, 6.45) is -2.03. The van der Waals surface area contributed by atoms with Crippen molar-refractivity contribution in [3.05, 3.63) is 81.5 Å². The number of ether oxygens (including phenoxy) is 1. The lowest BCUT2D eigenvalue weighted by atomic mass is 9.95. The first kappa shape index (κ1) is 36.5. The molecular weight excluding hydrogens is 711 g/mol. The fourth-order valence-corrected chi connectivity index (χ4v) is 7.41. The Morgan fingerprint density at radius 3 is 2.41 bits per heavy atom. The second-order valence-electron chi connectivity index (χ2n) is 13.7. The number of hydrogen-bond acceptors (Lipinski definition) is 9. The molecule has 0 radical (unpaired) electrons. The van der Waals surface area contributed by atoms with E-state index in [0.29, 0.717) is 54.0 Å². The zero-order chi connectivity index (χ0) is 38.5. The Morgan fingerprint density at radius 2 is 1.70 bits per heavy atom. The van der Waals surface area contributed by atoms with Crippen LogP contribution in [-0.2, 0) is 32.7 Å². The molecule has 3 aliphatic rings. The lowest BCUT2D eigenvalue weighted by Crippen LogP contribution is -2.54. The van der Waals surface area contributed by atoms with E-state index in [2.05, 4.69) is 15.4 Å². The summed E-state index contributed by atoms with van der Waals surface area (Å²) in [5.41, 5.74) is 3.81. The van der Waals surface area contributed by atoms with Crippen LogP contribution in [0, 0.1) is 6.92 Å². The minimum Gasteiger partial charge on any atom is -0.376 e. The monoisotopic (exact) mass is 747 g/mol. The second kappa shape index (κ2) is 14.2. The normalized spacial score (nSPS) is 18.1. The molecule has 0 spiro atoms.